The zero-order chi connectivity index (χ0) is 14.8. The lowest BCUT2D eigenvalue weighted by Crippen LogP contribution is -2.49. The summed E-state index contributed by atoms with van der Waals surface area (Å²) in [4.78, 5) is 25.1. The molecule has 2 atom stereocenters. The van der Waals surface area contributed by atoms with E-state index < -0.39 is 4.92 Å². The molecule has 0 aromatic heterocycles. The van der Waals surface area contributed by atoms with Crippen molar-refractivity contribution in [2.45, 2.75) is 44.6 Å². The highest BCUT2D eigenvalue weighted by Crippen LogP contribution is 2.36. The van der Waals surface area contributed by atoms with Gasteiger partial charge in [0.1, 0.15) is 0 Å². The standard InChI is InChI=1S/C16H20N2O3/c19-16(13-6-3-8-14(11-13)18(20)21)17-10-4-7-12-5-1-2-9-15(12)17/h3,6,8,11-12,15H,1-2,4-5,7,9-10H2. The first-order valence-corrected chi connectivity index (χ1v) is 7.72. The maximum atomic E-state index is 12.7. The molecule has 0 radical (unpaired) electrons. The highest BCUT2D eigenvalue weighted by Gasteiger charge is 2.36. The minimum atomic E-state index is -0.448. The fourth-order valence-corrected chi connectivity index (χ4v) is 3.80. The molecule has 2 aliphatic rings. The van der Waals surface area contributed by atoms with Crippen LogP contribution < -0.4 is 0 Å². The third kappa shape index (κ3) is 2.77. The van der Waals surface area contributed by atoms with Crippen LogP contribution in [0.5, 0.6) is 0 Å². The Morgan fingerprint density at radius 1 is 1.19 bits per heavy atom. The number of rotatable bonds is 2. The van der Waals surface area contributed by atoms with Crippen molar-refractivity contribution >= 4 is 11.6 Å². The van der Waals surface area contributed by atoms with E-state index in [-0.39, 0.29) is 11.6 Å². The monoisotopic (exact) mass is 288 g/mol. The molecule has 1 heterocycles. The number of benzene rings is 1. The second-order valence-corrected chi connectivity index (χ2v) is 6.06. The molecule has 112 valence electrons. The molecule has 1 aromatic rings. The highest BCUT2D eigenvalue weighted by molar-refractivity contribution is 5.95. The molecule has 2 fully saturated rings. The number of piperidine rings is 1. The van der Waals surface area contributed by atoms with Crippen molar-refractivity contribution in [3.63, 3.8) is 0 Å². The van der Waals surface area contributed by atoms with Crippen molar-refractivity contribution in [3.8, 4) is 0 Å². The van der Waals surface area contributed by atoms with Gasteiger partial charge in [-0.1, -0.05) is 18.9 Å². The van der Waals surface area contributed by atoms with E-state index in [0.717, 1.165) is 19.4 Å². The van der Waals surface area contributed by atoms with Gasteiger partial charge >= 0.3 is 0 Å². The van der Waals surface area contributed by atoms with Crippen LogP contribution in [-0.4, -0.2) is 28.3 Å². The molecule has 5 nitrogen and oxygen atoms in total. The van der Waals surface area contributed by atoms with Crippen LogP contribution in [0.25, 0.3) is 0 Å². The third-order valence-corrected chi connectivity index (χ3v) is 4.81. The zero-order valence-electron chi connectivity index (χ0n) is 12.0. The Morgan fingerprint density at radius 2 is 1.95 bits per heavy atom. The lowest BCUT2D eigenvalue weighted by molar-refractivity contribution is -0.384. The van der Waals surface area contributed by atoms with Crippen molar-refractivity contribution in [3.05, 3.63) is 39.9 Å². The van der Waals surface area contributed by atoms with Gasteiger partial charge in [0.05, 0.1) is 4.92 Å². The van der Waals surface area contributed by atoms with Crippen LogP contribution in [0.2, 0.25) is 0 Å². The summed E-state index contributed by atoms with van der Waals surface area (Å²) in [6.45, 7) is 0.780. The summed E-state index contributed by atoms with van der Waals surface area (Å²) in [7, 11) is 0. The summed E-state index contributed by atoms with van der Waals surface area (Å²) in [6, 6.07) is 6.43. The van der Waals surface area contributed by atoms with Crippen molar-refractivity contribution < 1.29 is 9.72 Å². The number of fused-ring (bicyclic) bond motifs is 1. The summed E-state index contributed by atoms with van der Waals surface area (Å²) in [5, 5.41) is 10.9. The summed E-state index contributed by atoms with van der Waals surface area (Å²) in [5.41, 5.74) is 0.425. The first-order valence-electron chi connectivity index (χ1n) is 7.72. The molecule has 1 saturated carbocycles. The Kier molecular flexibility index (Phi) is 3.90. The van der Waals surface area contributed by atoms with Crippen LogP contribution in [0.1, 0.15) is 48.9 Å². The quantitative estimate of drug-likeness (QED) is 0.619. The Bertz CT molecular complexity index is 556. The van der Waals surface area contributed by atoms with E-state index in [2.05, 4.69) is 0 Å². The molecule has 3 rings (SSSR count). The van der Waals surface area contributed by atoms with Crippen LogP contribution in [0.15, 0.2) is 24.3 Å². The molecule has 1 saturated heterocycles. The number of hydrogen-bond donors (Lipinski definition) is 0. The summed E-state index contributed by atoms with van der Waals surface area (Å²) in [5.74, 6) is 0.574. The van der Waals surface area contributed by atoms with E-state index in [1.807, 2.05) is 4.90 Å². The predicted molar refractivity (Wildman–Crippen MR) is 79.1 cm³/mol. The fraction of sp³-hybridized carbons (Fsp3) is 0.562. The molecule has 2 unspecified atom stereocenters. The van der Waals surface area contributed by atoms with Gasteiger partial charge in [0.2, 0.25) is 0 Å². The lowest BCUT2D eigenvalue weighted by atomic mass is 9.78. The van der Waals surface area contributed by atoms with Gasteiger partial charge in [0.25, 0.3) is 11.6 Å². The molecular formula is C16H20N2O3. The molecule has 0 bridgehead atoms. The number of non-ortho nitro benzene ring substituents is 1. The van der Waals surface area contributed by atoms with Gasteiger partial charge in [0, 0.05) is 30.3 Å². The van der Waals surface area contributed by atoms with Gasteiger partial charge in [-0.3, -0.25) is 14.9 Å². The third-order valence-electron chi connectivity index (χ3n) is 4.81. The Balaban J connectivity index is 1.83. The number of carbonyl (C=O) groups is 1. The molecule has 21 heavy (non-hydrogen) atoms. The van der Waals surface area contributed by atoms with E-state index in [1.165, 1.54) is 37.8 Å². The summed E-state index contributed by atoms with van der Waals surface area (Å²) < 4.78 is 0. The first kappa shape index (κ1) is 14.0. The highest BCUT2D eigenvalue weighted by atomic mass is 16.6. The number of likely N-dealkylation sites (tertiary alicyclic amines) is 1. The van der Waals surface area contributed by atoms with Gasteiger partial charge in [-0.15, -0.1) is 0 Å². The van der Waals surface area contributed by atoms with E-state index in [0.29, 0.717) is 17.5 Å². The van der Waals surface area contributed by atoms with Gasteiger partial charge in [-0.25, -0.2) is 0 Å². The topological polar surface area (TPSA) is 63.4 Å². The maximum Gasteiger partial charge on any atom is 0.270 e. The van der Waals surface area contributed by atoms with Crippen molar-refractivity contribution in [2.75, 3.05) is 6.54 Å². The molecule has 1 aliphatic heterocycles. The van der Waals surface area contributed by atoms with Crippen LogP contribution in [0.4, 0.5) is 5.69 Å². The average Bonchev–Trinajstić information content (AvgIpc) is 2.53. The average molecular weight is 288 g/mol. The van der Waals surface area contributed by atoms with Gasteiger partial charge in [-0.05, 0) is 37.7 Å². The second-order valence-electron chi connectivity index (χ2n) is 6.06. The van der Waals surface area contributed by atoms with Crippen LogP contribution in [-0.2, 0) is 0 Å². The van der Waals surface area contributed by atoms with Gasteiger partial charge in [0.15, 0.2) is 0 Å². The summed E-state index contributed by atoms with van der Waals surface area (Å²) in [6.07, 6.45) is 6.99. The molecular weight excluding hydrogens is 268 g/mol. The first-order chi connectivity index (χ1) is 10.2. The summed E-state index contributed by atoms with van der Waals surface area (Å²) >= 11 is 0. The van der Waals surface area contributed by atoms with E-state index in [4.69, 9.17) is 0 Å². The van der Waals surface area contributed by atoms with Crippen LogP contribution in [0.3, 0.4) is 0 Å². The number of nitro groups is 1. The minimum Gasteiger partial charge on any atom is -0.335 e. The number of hydrogen-bond acceptors (Lipinski definition) is 3. The molecule has 0 N–H and O–H groups in total. The number of nitrogens with zero attached hydrogens (tertiary/aromatic N) is 2. The second kappa shape index (κ2) is 5.84. The van der Waals surface area contributed by atoms with Crippen LogP contribution in [0, 0.1) is 16.0 Å². The minimum absolute atomic E-state index is 0.0157. The largest absolute Gasteiger partial charge is 0.335 e. The Hall–Kier alpha value is -1.91. The molecule has 1 aliphatic carbocycles. The molecule has 1 amide bonds. The number of amides is 1. The van der Waals surface area contributed by atoms with E-state index in [9.17, 15) is 14.9 Å². The smallest absolute Gasteiger partial charge is 0.270 e. The Morgan fingerprint density at radius 3 is 2.76 bits per heavy atom. The van der Waals surface area contributed by atoms with Crippen molar-refractivity contribution in [1.82, 2.24) is 4.90 Å². The van der Waals surface area contributed by atoms with Gasteiger partial charge < -0.3 is 4.90 Å². The number of nitro benzene ring substituents is 1. The maximum absolute atomic E-state index is 12.7. The van der Waals surface area contributed by atoms with Crippen molar-refractivity contribution in [2.24, 2.45) is 5.92 Å². The fourth-order valence-electron chi connectivity index (χ4n) is 3.80. The van der Waals surface area contributed by atoms with Crippen LogP contribution >= 0.6 is 0 Å². The van der Waals surface area contributed by atoms with E-state index in [1.54, 1.807) is 12.1 Å². The molecule has 1 aromatic carbocycles. The van der Waals surface area contributed by atoms with E-state index >= 15 is 0 Å². The normalized spacial score (nSPS) is 25.2. The zero-order valence-corrected chi connectivity index (χ0v) is 12.0. The SMILES string of the molecule is O=C(c1cccc([N+](=O)[O-])c1)N1CCCC2CCCCC21. The molecule has 0 spiro atoms. The predicted octanol–water partition coefficient (Wildman–Crippen LogP) is 3.39. The molecule has 5 heteroatoms. The lowest BCUT2D eigenvalue weighted by Gasteiger charge is -2.44. The number of carbonyl (C=O) groups excluding carboxylic acids is 1. The van der Waals surface area contributed by atoms with Crippen molar-refractivity contribution in [1.29, 1.82) is 0 Å². The Labute approximate surface area is 124 Å². The van der Waals surface area contributed by atoms with Gasteiger partial charge in [-0.2, -0.15) is 0 Å².